The molecule has 1 aliphatic heterocycles. The highest BCUT2D eigenvalue weighted by atomic mass is 16.7. The average molecular weight is 360 g/mol. The van der Waals surface area contributed by atoms with E-state index in [9.17, 15) is 19.5 Å². The fourth-order valence-corrected chi connectivity index (χ4v) is 2.48. The molecule has 0 bridgehead atoms. The number of hydrogen-bond donors (Lipinski definition) is 1. The Kier molecular flexibility index (Phi) is 8.85. The van der Waals surface area contributed by atoms with Gasteiger partial charge in [-0.05, 0) is 19.8 Å². The van der Waals surface area contributed by atoms with Crippen molar-refractivity contribution in [2.45, 2.75) is 90.5 Å². The van der Waals surface area contributed by atoms with Gasteiger partial charge in [0.15, 0.2) is 24.6 Å². The number of aliphatic hydroxyl groups is 1. The molecular formula is C17H28O8. The van der Waals surface area contributed by atoms with Gasteiger partial charge < -0.3 is 24.1 Å². The fourth-order valence-electron chi connectivity index (χ4n) is 2.48. The van der Waals surface area contributed by atoms with Crippen LogP contribution in [-0.4, -0.2) is 53.7 Å². The maximum atomic E-state index is 12.0. The van der Waals surface area contributed by atoms with Crippen molar-refractivity contribution in [3.63, 3.8) is 0 Å². The smallest absolute Gasteiger partial charge is 0.306 e. The first-order valence-corrected chi connectivity index (χ1v) is 8.75. The summed E-state index contributed by atoms with van der Waals surface area (Å²) < 4.78 is 21.3. The van der Waals surface area contributed by atoms with Gasteiger partial charge in [-0.25, -0.2) is 0 Å². The molecule has 1 fully saturated rings. The second-order valence-corrected chi connectivity index (χ2v) is 5.95. The predicted molar refractivity (Wildman–Crippen MR) is 86.3 cm³/mol. The van der Waals surface area contributed by atoms with Gasteiger partial charge in [-0.15, -0.1) is 0 Å². The highest BCUT2D eigenvalue weighted by molar-refractivity contribution is 5.71. The zero-order chi connectivity index (χ0) is 19.0. The van der Waals surface area contributed by atoms with Gasteiger partial charge in [-0.1, -0.05) is 20.8 Å². The van der Waals surface area contributed by atoms with E-state index in [-0.39, 0.29) is 19.3 Å². The Hall–Kier alpha value is -1.67. The van der Waals surface area contributed by atoms with E-state index in [2.05, 4.69) is 0 Å². The summed E-state index contributed by atoms with van der Waals surface area (Å²) in [7, 11) is 0. The molecule has 1 heterocycles. The molecule has 1 unspecified atom stereocenters. The van der Waals surface area contributed by atoms with Crippen LogP contribution in [0.3, 0.4) is 0 Å². The van der Waals surface area contributed by atoms with Gasteiger partial charge in [0, 0.05) is 19.3 Å². The van der Waals surface area contributed by atoms with Gasteiger partial charge in [-0.3, -0.25) is 14.4 Å². The van der Waals surface area contributed by atoms with Crippen molar-refractivity contribution in [1.82, 2.24) is 0 Å². The molecule has 0 amide bonds. The lowest BCUT2D eigenvalue weighted by atomic mass is 9.98. The molecule has 8 nitrogen and oxygen atoms in total. The van der Waals surface area contributed by atoms with Crippen LogP contribution >= 0.6 is 0 Å². The number of rotatable bonds is 8. The summed E-state index contributed by atoms with van der Waals surface area (Å²) in [5.74, 6) is -1.59. The van der Waals surface area contributed by atoms with Crippen molar-refractivity contribution in [2.24, 2.45) is 0 Å². The number of aliphatic hydroxyl groups excluding tert-OH is 1. The summed E-state index contributed by atoms with van der Waals surface area (Å²) in [5.41, 5.74) is 0. The molecule has 0 aromatic heterocycles. The molecule has 8 heteroatoms. The quantitative estimate of drug-likeness (QED) is 0.512. The van der Waals surface area contributed by atoms with Crippen molar-refractivity contribution in [3.05, 3.63) is 0 Å². The van der Waals surface area contributed by atoms with E-state index in [0.717, 1.165) is 0 Å². The first kappa shape index (κ1) is 21.4. The lowest BCUT2D eigenvalue weighted by Crippen LogP contribution is -2.60. The number of hydrogen-bond acceptors (Lipinski definition) is 8. The van der Waals surface area contributed by atoms with Crippen LogP contribution in [0.5, 0.6) is 0 Å². The molecule has 144 valence electrons. The summed E-state index contributed by atoms with van der Waals surface area (Å²) in [5, 5.41) is 10.1. The van der Waals surface area contributed by atoms with E-state index in [1.54, 1.807) is 13.8 Å². The van der Waals surface area contributed by atoms with Crippen molar-refractivity contribution >= 4 is 17.9 Å². The SMILES string of the molecule is CCCC(=O)O[C@@H]1[C@H](OC(=O)CCC)[C@H](C)OC(O)[C@H]1OC(=O)CC. The van der Waals surface area contributed by atoms with Gasteiger partial charge in [0.2, 0.25) is 0 Å². The van der Waals surface area contributed by atoms with Crippen LogP contribution in [-0.2, 0) is 33.3 Å². The number of carbonyl (C=O) groups is 3. The summed E-state index contributed by atoms with van der Waals surface area (Å²) in [6.45, 7) is 6.83. The highest BCUT2D eigenvalue weighted by Gasteiger charge is 2.50. The topological polar surface area (TPSA) is 108 Å². The minimum absolute atomic E-state index is 0.0781. The van der Waals surface area contributed by atoms with Crippen LogP contribution in [0.2, 0.25) is 0 Å². The van der Waals surface area contributed by atoms with Crippen molar-refractivity contribution in [2.75, 3.05) is 0 Å². The zero-order valence-electron chi connectivity index (χ0n) is 15.2. The minimum atomic E-state index is -1.48. The molecule has 0 spiro atoms. The van der Waals surface area contributed by atoms with Gasteiger partial charge in [-0.2, -0.15) is 0 Å². The Morgan fingerprint density at radius 2 is 1.32 bits per heavy atom. The molecule has 1 N–H and O–H groups in total. The van der Waals surface area contributed by atoms with Crippen LogP contribution in [0.15, 0.2) is 0 Å². The molecule has 0 aliphatic carbocycles. The van der Waals surface area contributed by atoms with Crippen molar-refractivity contribution in [1.29, 1.82) is 0 Å². The second-order valence-electron chi connectivity index (χ2n) is 5.95. The molecule has 0 aromatic carbocycles. The monoisotopic (exact) mass is 360 g/mol. The Balaban J connectivity index is 3.03. The second kappa shape index (κ2) is 10.4. The fraction of sp³-hybridized carbons (Fsp3) is 0.824. The molecule has 1 aliphatic rings. The summed E-state index contributed by atoms with van der Waals surface area (Å²) in [6.07, 6.45) is -3.98. The maximum Gasteiger partial charge on any atom is 0.306 e. The lowest BCUT2D eigenvalue weighted by Gasteiger charge is -2.42. The Labute approximate surface area is 147 Å². The van der Waals surface area contributed by atoms with Gasteiger partial charge in [0.1, 0.15) is 0 Å². The zero-order valence-corrected chi connectivity index (χ0v) is 15.2. The third-order valence-electron chi connectivity index (χ3n) is 3.74. The third kappa shape index (κ3) is 6.28. The van der Waals surface area contributed by atoms with Crippen LogP contribution < -0.4 is 0 Å². The number of esters is 3. The van der Waals surface area contributed by atoms with E-state index in [0.29, 0.717) is 12.8 Å². The van der Waals surface area contributed by atoms with Gasteiger partial charge >= 0.3 is 17.9 Å². The average Bonchev–Trinajstić information content (AvgIpc) is 2.54. The number of ether oxygens (including phenoxy) is 4. The normalized spacial score (nSPS) is 28.9. The number of carbonyl (C=O) groups excluding carboxylic acids is 3. The molecule has 1 rings (SSSR count). The molecule has 0 saturated carbocycles. The largest absolute Gasteiger partial charge is 0.455 e. The Morgan fingerprint density at radius 1 is 0.840 bits per heavy atom. The molecule has 0 radical (unpaired) electrons. The Morgan fingerprint density at radius 3 is 1.80 bits per heavy atom. The first-order chi connectivity index (χ1) is 11.8. The van der Waals surface area contributed by atoms with Gasteiger partial charge in [0.05, 0.1) is 6.10 Å². The van der Waals surface area contributed by atoms with Crippen molar-refractivity contribution < 1.29 is 38.4 Å². The van der Waals surface area contributed by atoms with Crippen LogP contribution in [0.1, 0.15) is 59.8 Å². The van der Waals surface area contributed by atoms with Gasteiger partial charge in [0.25, 0.3) is 0 Å². The van der Waals surface area contributed by atoms with E-state index in [4.69, 9.17) is 18.9 Å². The third-order valence-corrected chi connectivity index (χ3v) is 3.74. The molecule has 0 aromatic rings. The molecule has 1 saturated heterocycles. The maximum absolute atomic E-state index is 12.0. The van der Waals surface area contributed by atoms with Crippen LogP contribution in [0, 0.1) is 0 Å². The summed E-state index contributed by atoms with van der Waals surface area (Å²) >= 11 is 0. The van der Waals surface area contributed by atoms with Crippen LogP contribution in [0.4, 0.5) is 0 Å². The van der Waals surface area contributed by atoms with Crippen LogP contribution in [0.25, 0.3) is 0 Å². The lowest BCUT2D eigenvalue weighted by molar-refractivity contribution is -0.289. The minimum Gasteiger partial charge on any atom is -0.455 e. The predicted octanol–water partition coefficient (Wildman–Crippen LogP) is 1.47. The van der Waals surface area contributed by atoms with E-state index in [1.165, 1.54) is 0 Å². The summed E-state index contributed by atoms with van der Waals surface area (Å²) in [4.78, 5) is 35.5. The Bertz CT molecular complexity index is 464. The highest BCUT2D eigenvalue weighted by Crippen LogP contribution is 2.28. The summed E-state index contributed by atoms with van der Waals surface area (Å²) in [6, 6.07) is 0. The molecular weight excluding hydrogens is 332 g/mol. The van der Waals surface area contributed by atoms with Crippen molar-refractivity contribution in [3.8, 4) is 0 Å². The molecule has 25 heavy (non-hydrogen) atoms. The molecule has 5 atom stereocenters. The van der Waals surface area contributed by atoms with E-state index >= 15 is 0 Å². The first-order valence-electron chi connectivity index (χ1n) is 8.75. The standard InChI is InChI=1S/C17H28O8/c1-5-8-12(19)24-14-10(4)22-17(21)16(23-11(18)7-3)15(14)25-13(20)9-6-2/h10,14-17,21H,5-9H2,1-4H3/t10-,14+,15+,16-,17?/m0/s1. The van der Waals surface area contributed by atoms with E-state index in [1.807, 2.05) is 13.8 Å². The van der Waals surface area contributed by atoms with E-state index < -0.39 is 48.6 Å².